The molecule has 0 bridgehead atoms. The van der Waals surface area contributed by atoms with Crippen molar-refractivity contribution in [3.8, 4) is 5.69 Å². The maximum absolute atomic E-state index is 12.9. The van der Waals surface area contributed by atoms with Gasteiger partial charge in [0, 0.05) is 19.2 Å². The molecule has 0 aliphatic carbocycles. The SMILES string of the molecule is Cc1ccc(-n2nc(C)c(C(=O)N(C)Cc3ccc(C(N)=O)cc3)n2)c(C)c1. The molecule has 3 rings (SSSR count). The molecule has 0 atom stereocenters. The predicted octanol–water partition coefficient (Wildman–Crippen LogP) is 2.56. The molecule has 0 radical (unpaired) electrons. The van der Waals surface area contributed by atoms with E-state index in [1.54, 1.807) is 43.1 Å². The minimum atomic E-state index is -0.477. The lowest BCUT2D eigenvalue weighted by molar-refractivity contribution is 0.0777. The third kappa shape index (κ3) is 3.93. The Morgan fingerprint density at radius 3 is 2.32 bits per heavy atom. The van der Waals surface area contributed by atoms with Gasteiger partial charge in [0.15, 0.2) is 5.69 Å². The molecule has 0 aliphatic heterocycles. The quantitative estimate of drug-likeness (QED) is 0.739. The van der Waals surface area contributed by atoms with Crippen molar-refractivity contribution >= 4 is 11.8 Å². The second-order valence-electron chi connectivity index (χ2n) is 6.94. The number of primary amides is 1. The number of benzene rings is 2. The molecule has 0 spiro atoms. The van der Waals surface area contributed by atoms with Gasteiger partial charge in [-0.3, -0.25) is 9.59 Å². The van der Waals surface area contributed by atoms with Gasteiger partial charge in [-0.25, -0.2) is 0 Å². The molecule has 144 valence electrons. The maximum atomic E-state index is 12.9. The Labute approximate surface area is 163 Å². The number of rotatable bonds is 5. The topological polar surface area (TPSA) is 94.1 Å². The third-order valence-corrected chi connectivity index (χ3v) is 4.56. The van der Waals surface area contributed by atoms with E-state index >= 15 is 0 Å². The highest BCUT2D eigenvalue weighted by Gasteiger charge is 2.20. The average Bonchev–Trinajstić information content (AvgIpc) is 3.02. The summed E-state index contributed by atoms with van der Waals surface area (Å²) in [5.74, 6) is -0.692. The van der Waals surface area contributed by atoms with Crippen molar-refractivity contribution in [2.24, 2.45) is 5.73 Å². The average molecular weight is 377 g/mol. The largest absolute Gasteiger partial charge is 0.366 e. The number of nitrogens with zero attached hydrogens (tertiary/aromatic N) is 4. The fourth-order valence-electron chi connectivity index (χ4n) is 3.01. The second kappa shape index (κ2) is 7.64. The van der Waals surface area contributed by atoms with Gasteiger partial charge in [0.05, 0.1) is 11.4 Å². The lowest BCUT2D eigenvalue weighted by atomic mass is 10.1. The van der Waals surface area contributed by atoms with Crippen LogP contribution in [0.2, 0.25) is 0 Å². The molecule has 0 fully saturated rings. The molecular formula is C21H23N5O2. The van der Waals surface area contributed by atoms with Crippen LogP contribution in [0.3, 0.4) is 0 Å². The summed E-state index contributed by atoms with van der Waals surface area (Å²) in [4.78, 5) is 27.1. The number of aromatic nitrogens is 3. The first kappa shape index (κ1) is 19.3. The first-order valence-electron chi connectivity index (χ1n) is 8.92. The summed E-state index contributed by atoms with van der Waals surface area (Å²) < 4.78 is 0. The van der Waals surface area contributed by atoms with E-state index in [0.29, 0.717) is 23.5 Å². The molecule has 2 aromatic carbocycles. The van der Waals surface area contributed by atoms with E-state index in [-0.39, 0.29) is 5.91 Å². The monoisotopic (exact) mass is 377 g/mol. The molecule has 7 heteroatoms. The van der Waals surface area contributed by atoms with Crippen LogP contribution in [0, 0.1) is 20.8 Å². The van der Waals surface area contributed by atoms with E-state index in [2.05, 4.69) is 16.3 Å². The summed E-state index contributed by atoms with van der Waals surface area (Å²) in [6.07, 6.45) is 0. The van der Waals surface area contributed by atoms with Gasteiger partial charge in [0.2, 0.25) is 5.91 Å². The fourth-order valence-corrected chi connectivity index (χ4v) is 3.01. The standard InChI is InChI=1S/C21H23N5O2/c1-13-5-10-18(14(2)11-13)26-23-15(3)19(24-26)21(28)25(4)12-16-6-8-17(9-7-16)20(22)27/h5-11H,12H2,1-4H3,(H2,22,27). The number of hydrogen-bond acceptors (Lipinski definition) is 4. The zero-order chi connectivity index (χ0) is 20.4. The summed E-state index contributed by atoms with van der Waals surface area (Å²) in [7, 11) is 1.71. The smallest absolute Gasteiger partial charge is 0.276 e. The highest BCUT2D eigenvalue weighted by atomic mass is 16.2. The van der Waals surface area contributed by atoms with Gasteiger partial charge in [-0.1, -0.05) is 29.8 Å². The molecule has 0 aliphatic rings. The van der Waals surface area contributed by atoms with Crippen LogP contribution in [0.25, 0.3) is 5.69 Å². The Bertz CT molecular complexity index is 1040. The summed E-state index contributed by atoms with van der Waals surface area (Å²) in [5, 5.41) is 8.84. The molecule has 2 amide bonds. The molecule has 7 nitrogen and oxygen atoms in total. The molecule has 1 aromatic heterocycles. The number of hydrogen-bond donors (Lipinski definition) is 1. The van der Waals surface area contributed by atoms with Crippen molar-refractivity contribution in [2.75, 3.05) is 7.05 Å². The Hall–Kier alpha value is -3.48. The van der Waals surface area contributed by atoms with Crippen LogP contribution >= 0.6 is 0 Å². The van der Waals surface area contributed by atoms with Gasteiger partial charge in [-0.15, -0.1) is 5.10 Å². The van der Waals surface area contributed by atoms with Gasteiger partial charge < -0.3 is 10.6 Å². The van der Waals surface area contributed by atoms with Crippen LogP contribution in [0.4, 0.5) is 0 Å². The van der Waals surface area contributed by atoms with Gasteiger partial charge >= 0.3 is 0 Å². The summed E-state index contributed by atoms with van der Waals surface area (Å²) >= 11 is 0. The number of amides is 2. The zero-order valence-corrected chi connectivity index (χ0v) is 16.4. The molecular weight excluding hydrogens is 354 g/mol. The molecule has 0 saturated carbocycles. The van der Waals surface area contributed by atoms with Crippen molar-refractivity contribution in [1.82, 2.24) is 19.9 Å². The van der Waals surface area contributed by atoms with Gasteiger partial charge in [-0.2, -0.15) is 9.90 Å². The predicted molar refractivity (Wildman–Crippen MR) is 106 cm³/mol. The lowest BCUT2D eigenvalue weighted by Crippen LogP contribution is -2.27. The van der Waals surface area contributed by atoms with Crippen LogP contribution in [0.5, 0.6) is 0 Å². The summed E-state index contributed by atoms with van der Waals surface area (Å²) in [6.45, 7) is 6.17. The Kier molecular flexibility index (Phi) is 5.26. The molecule has 0 unspecified atom stereocenters. The van der Waals surface area contributed by atoms with Gasteiger partial charge in [0.1, 0.15) is 0 Å². The van der Waals surface area contributed by atoms with Crippen LogP contribution in [-0.4, -0.2) is 38.8 Å². The number of aryl methyl sites for hydroxylation is 3. The molecule has 2 N–H and O–H groups in total. The summed E-state index contributed by atoms with van der Waals surface area (Å²) in [6, 6.07) is 12.9. The van der Waals surface area contributed by atoms with Crippen LogP contribution in [-0.2, 0) is 6.54 Å². The Morgan fingerprint density at radius 2 is 1.71 bits per heavy atom. The fraction of sp³-hybridized carbons (Fsp3) is 0.238. The zero-order valence-electron chi connectivity index (χ0n) is 16.4. The highest BCUT2D eigenvalue weighted by molar-refractivity contribution is 5.93. The normalized spacial score (nSPS) is 10.7. The number of carbonyl (C=O) groups excluding carboxylic acids is 2. The minimum absolute atomic E-state index is 0.215. The van der Waals surface area contributed by atoms with Crippen molar-refractivity contribution < 1.29 is 9.59 Å². The van der Waals surface area contributed by atoms with Crippen LogP contribution < -0.4 is 5.73 Å². The maximum Gasteiger partial charge on any atom is 0.276 e. The van der Waals surface area contributed by atoms with Crippen molar-refractivity contribution in [1.29, 1.82) is 0 Å². The lowest BCUT2D eigenvalue weighted by Gasteiger charge is -2.16. The third-order valence-electron chi connectivity index (χ3n) is 4.56. The van der Waals surface area contributed by atoms with Crippen LogP contribution in [0.1, 0.15) is 43.2 Å². The first-order chi connectivity index (χ1) is 13.3. The van der Waals surface area contributed by atoms with E-state index in [1.807, 2.05) is 26.0 Å². The first-order valence-corrected chi connectivity index (χ1v) is 8.92. The minimum Gasteiger partial charge on any atom is -0.366 e. The van der Waals surface area contributed by atoms with E-state index in [9.17, 15) is 9.59 Å². The number of nitrogens with two attached hydrogens (primary N) is 1. The Morgan fingerprint density at radius 1 is 1.04 bits per heavy atom. The highest BCUT2D eigenvalue weighted by Crippen LogP contribution is 2.16. The van der Waals surface area contributed by atoms with E-state index in [1.165, 1.54) is 4.80 Å². The van der Waals surface area contributed by atoms with Crippen LogP contribution in [0.15, 0.2) is 42.5 Å². The van der Waals surface area contributed by atoms with Gasteiger partial charge in [0.25, 0.3) is 5.91 Å². The van der Waals surface area contributed by atoms with Gasteiger partial charge in [-0.05, 0) is 50.1 Å². The molecule has 3 aromatic rings. The van der Waals surface area contributed by atoms with E-state index in [0.717, 1.165) is 22.4 Å². The number of carbonyl (C=O) groups is 2. The van der Waals surface area contributed by atoms with E-state index < -0.39 is 5.91 Å². The van der Waals surface area contributed by atoms with Crippen molar-refractivity contribution in [3.63, 3.8) is 0 Å². The summed E-state index contributed by atoms with van der Waals surface area (Å²) in [5.41, 5.74) is 10.5. The van der Waals surface area contributed by atoms with Crippen molar-refractivity contribution in [3.05, 3.63) is 76.1 Å². The van der Waals surface area contributed by atoms with E-state index in [4.69, 9.17) is 5.73 Å². The van der Waals surface area contributed by atoms with Crippen molar-refractivity contribution in [2.45, 2.75) is 27.3 Å². The molecule has 0 saturated heterocycles. The molecule has 28 heavy (non-hydrogen) atoms. The molecule has 1 heterocycles. The second-order valence-corrected chi connectivity index (χ2v) is 6.94. The Balaban J connectivity index is 1.80.